The first kappa shape index (κ1) is 33.8. The quantitative estimate of drug-likeness (QED) is 0.144. The fourth-order valence-corrected chi connectivity index (χ4v) is 5.74. The highest BCUT2D eigenvalue weighted by molar-refractivity contribution is 6.05. The van der Waals surface area contributed by atoms with Crippen molar-refractivity contribution in [3.63, 3.8) is 0 Å². The molecule has 0 bridgehead atoms. The highest BCUT2D eigenvalue weighted by atomic mass is 16.5. The normalized spacial score (nSPS) is 13.7. The van der Waals surface area contributed by atoms with Crippen LogP contribution in [0, 0.1) is 0 Å². The average molecular weight is 638 g/mol. The number of hydrogen-bond acceptors (Lipinski definition) is 7. The maximum atomic E-state index is 13.3. The summed E-state index contributed by atoms with van der Waals surface area (Å²) >= 11 is 0. The zero-order valence-corrected chi connectivity index (χ0v) is 28.3. The molecule has 248 valence electrons. The third-order valence-corrected chi connectivity index (χ3v) is 8.47. The first-order valence-electron chi connectivity index (χ1n) is 16.3. The van der Waals surface area contributed by atoms with Gasteiger partial charge >= 0.3 is 0 Å². The van der Waals surface area contributed by atoms with Crippen LogP contribution in [0.2, 0.25) is 0 Å². The lowest BCUT2D eigenvalue weighted by molar-refractivity contribution is 0.102. The van der Waals surface area contributed by atoms with Crippen LogP contribution in [0.3, 0.4) is 0 Å². The van der Waals surface area contributed by atoms with Crippen LogP contribution in [0.25, 0.3) is 22.3 Å². The van der Waals surface area contributed by atoms with Gasteiger partial charge in [-0.25, -0.2) is 0 Å². The minimum absolute atomic E-state index is 0.207. The van der Waals surface area contributed by atoms with E-state index >= 15 is 0 Å². The number of rotatable bonds is 14. The maximum Gasteiger partial charge on any atom is 0.255 e. The summed E-state index contributed by atoms with van der Waals surface area (Å²) in [5, 5.41) is 3.04. The van der Waals surface area contributed by atoms with Crippen LogP contribution in [-0.2, 0) is 0 Å². The van der Waals surface area contributed by atoms with Crippen molar-refractivity contribution in [1.82, 2.24) is 9.80 Å². The third-order valence-electron chi connectivity index (χ3n) is 8.47. The fourth-order valence-electron chi connectivity index (χ4n) is 5.74. The van der Waals surface area contributed by atoms with Crippen LogP contribution in [0.15, 0.2) is 84.9 Å². The van der Waals surface area contributed by atoms with Gasteiger partial charge in [-0.2, -0.15) is 0 Å². The summed E-state index contributed by atoms with van der Waals surface area (Å²) in [6.45, 7) is 3.75. The minimum atomic E-state index is -0.207. The molecule has 0 radical (unpaired) electrons. The van der Waals surface area contributed by atoms with E-state index in [1.165, 1.54) is 0 Å². The molecule has 5 rings (SSSR count). The van der Waals surface area contributed by atoms with E-state index in [9.17, 15) is 4.79 Å². The molecule has 0 unspecified atom stereocenters. The first-order valence-corrected chi connectivity index (χ1v) is 16.3. The zero-order valence-electron chi connectivity index (χ0n) is 28.3. The molecule has 8 heteroatoms. The molecular weight excluding hydrogens is 590 g/mol. The Balaban J connectivity index is 1.31. The van der Waals surface area contributed by atoms with Crippen LogP contribution < -0.4 is 24.3 Å². The second-order valence-electron chi connectivity index (χ2n) is 12.3. The van der Waals surface area contributed by atoms with Crippen LogP contribution in [0.1, 0.15) is 36.0 Å². The van der Waals surface area contributed by atoms with Gasteiger partial charge in [-0.1, -0.05) is 24.3 Å². The first-order chi connectivity index (χ1) is 22.8. The molecule has 1 heterocycles. The molecular formula is C39H47N3O5. The second-order valence-corrected chi connectivity index (χ2v) is 12.3. The second kappa shape index (κ2) is 16.3. The number of amides is 1. The van der Waals surface area contributed by atoms with Gasteiger partial charge in [0.2, 0.25) is 0 Å². The smallest absolute Gasteiger partial charge is 0.255 e. The van der Waals surface area contributed by atoms with Gasteiger partial charge in [0.25, 0.3) is 5.91 Å². The van der Waals surface area contributed by atoms with Crippen molar-refractivity contribution in [3.05, 3.63) is 90.5 Å². The molecule has 1 aliphatic heterocycles. The van der Waals surface area contributed by atoms with Crippen LogP contribution >= 0.6 is 0 Å². The number of likely N-dealkylation sites (tertiary alicyclic amines) is 1. The standard InChI is InChI=1S/C39H47N3O5/c1-41(2)21-6-7-24-46-38-27-34(47-32-19-22-42(3)23-20-32)16-17-35(38)28-11-14-31(15-12-28)40-39(43)30-13-18-37(45-5)36(26-30)29-9-8-10-33(25-29)44-4/h8-18,25-27,32H,6-7,19-24H2,1-5H3,(H,40,43). The molecule has 4 aromatic rings. The minimum Gasteiger partial charge on any atom is -0.497 e. The number of nitrogens with one attached hydrogen (secondary N) is 1. The van der Waals surface area contributed by atoms with Gasteiger partial charge in [0.1, 0.15) is 29.1 Å². The van der Waals surface area contributed by atoms with Crippen molar-refractivity contribution in [2.45, 2.75) is 31.8 Å². The highest BCUT2D eigenvalue weighted by Crippen LogP contribution is 2.36. The molecule has 0 spiro atoms. The summed E-state index contributed by atoms with van der Waals surface area (Å²) in [4.78, 5) is 17.9. The fraction of sp³-hybridized carbons (Fsp3) is 0.359. The maximum absolute atomic E-state index is 13.3. The number of piperidine rings is 1. The number of hydrogen-bond donors (Lipinski definition) is 1. The van der Waals surface area contributed by atoms with E-state index in [2.05, 4.69) is 42.3 Å². The molecule has 1 N–H and O–H groups in total. The molecule has 0 saturated carbocycles. The van der Waals surface area contributed by atoms with E-state index in [1.54, 1.807) is 20.3 Å². The summed E-state index contributed by atoms with van der Waals surface area (Å²) < 4.78 is 23.7. The number of benzene rings is 4. The predicted molar refractivity (Wildman–Crippen MR) is 189 cm³/mol. The third kappa shape index (κ3) is 9.27. The topological polar surface area (TPSA) is 72.5 Å². The van der Waals surface area contributed by atoms with E-state index in [0.717, 1.165) is 84.8 Å². The van der Waals surface area contributed by atoms with Gasteiger partial charge in [0, 0.05) is 41.5 Å². The van der Waals surface area contributed by atoms with E-state index in [4.69, 9.17) is 18.9 Å². The summed E-state index contributed by atoms with van der Waals surface area (Å²) in [5.41, 5.74) is 4.93. The van der Waals surface area contributed by atoms with Crippen LogP contribution in [-0.4, -0.2) is 83.4 Å². The number of carbonyl (C=O) groups is 1. The Hall–Kier alpha value is -4.53. The van der Waals surface area contributed by atoms with Crippen molar-refractivity contribution in [2.24, 2.45) is 0 Å². The van der Waals surface area contributed by atoms with Crippen molar-refractivity contribution in [2.75, 3.05) is 66.9 Å². The Kier molecular flexibility index (Phi) is 11.8. The largest absolute Gasteiger partial charge is 0.497 e. The van der Waals surface area contributed by atoms with Crippen LogP contribution in [0.4, 0.5) is 5.69 Å². The number of anilines is 1. The molecule has 0 aromatic heterocycles. The lowest BCUT2D eigenvalue weighted by Crippen LogP contribution is -2.35. The van der Waals surface area contributed by atoms with Gasteiger partial charge in [-0.3, -0.25) is 4.79 Å². The van der Waals surface area contributed by atoms with E-state index < -0.39 is 0 Å². The number of nitrogens with zero attached hydrogens (tertiary/aromatic N) is 2. The molecule has 4 aromatic carbocycles. The van der Waals surface area contributed by atoms with Crippen LogP contribution in [0.5, 0.6) is 23.0 Å². The molecule has 1 fully saturated rings. The summed E-state index contributed by atoms with van der Waals surface area (Å²) in [5.74, 6) is 2.85. The molecule has 47 heavy (non-hydrogen) atoms. The lowest BCUT2D eigenvalue weighted by atomic mass is 10.0. The van der Waals surface area contributed by atoms with E-state index in [1.807, 2.05) is 72.8 Å². The SMILES string of the molecule is COc1cccc(-c2cc(C(=O)Nc3ccc(-c4ccc(OC5CCN(C)CC5)cc4OCCCCN(C)C)cc3)ccc2OC)c1. The van der Waals surface area contributed by atoms with E-state index in [-0.39, 0.29) is 12.0 Å². The number of unbranched alkanes of at least 4 members (excludes halogenated alkanes) is 1. The summed E-state index contributed by atoms with van der Waals surface area (Å²) in [6, 6.07) is 27.1. The molecule has 0 atom stereocenters. The zero-order chi connectivity index (χ0) is 33.2. The summed E-state index contributed by atoms with van der Waals surface area (Å²) in [6.07, 6.45) is 4.28. The molecule has 1 amide bonds. The van der Waals surface area contributed by atoms with Gasteiger partial charge in [0.05, 0.1) is 20.8 Å². The Bertz CT molecular complexity index is 1610. The Morgan fingerprint density at radius 1 is 0.809 bits per heavy atom. The molecule has 8 nitrogen and oxygen atoms in total. The number of methoxy groups -OCH3 is 2. The van der Waals surface area contributed by atoms with E-state index in [0.29, 0.717) is 23.6 Å². The monoisotopic (exact) mass is 637 g/mol. The summed E-state index contributed by atoms with van der Waals surface area (Å²) in [7, 11) is 9.59. The van der Waals surface area contributed by atoms with Crippen molar-refractivity contribution < 1.29 is 23.7 Å². The van der Waals surface area contributed by atoms with Crippen molar-refractivity contribution in [3.8, 4) is 45.3 Å². The Labute approximate surface area is 279 Å². The molecule has 1 aliphatic rings. The van der Waals surface area contributed by atoms with Gasteiger partial charge < -0.3 is 34.1 Å². The lowest BCUT2D eigenvalue weighted by Gasteiger charge is -2.29. The molecule has 0 aliphatic carbocycles. The molecule has 1 saturated heterocycles. The highest BCUT2D eigenvalue weighted by Gasteiger charge is 2.19. The van der Waals surface area contributed by atoms with Gasteiger partial charge in [-0.05, 0) is 119 Å². The van der Waals surface area contributed by atoms with Gasteiger partial charge in [-0.15, -0.1) is 0 Å². The number of ether oxygens (including phenoxy) is 4. The average Bonchev–Trinajstić information content (AvgIpc) is 3.09. The Morgan fingerprint density at radius 2 is 1.60 bits per heavy atom. The van der Waals surface area contributed by atoms with Gasteiger partial charge in [0.15, 0.2) is 0 Å². The Morgan fingerprint density at radius 3 is 2.32 bits per heavy atom. The van der Waals surface area contributed by atoms with Crippen molar-refractivity contribution in [1.29, 1.82) is 0 Å². The number of carbonyl (C=O) groups excluding carboxylic acids is 1. The predicted octanol–water partition coefficient (Wildman–Crippen LogP) is 7.48. The van der Waals surface area contributed by atoms with Crippen molar-refractivity contribution >= 4 is 11.6 Å².